The van der Waals surface area contributed by atoms with E-state index in [9.17, 15) is 22.4 Å². The van der Waals surface area contributed by atoms with Crippen molar-refractivity contribution in [1.82, 2.24) is 5.32 Å². The van der Waals surface area contributed by atoms with Crippen LogP contribution >= 0.6 is 23.7 Å². The zero-order valence-electron chi connectivity index (χ0n) is 17.9. The topological polar surface area (TPSA) is 41.1 Å². The van der Waals surface area contributed by atoms with Gasteiger partial charge in [0.05, 0.1) is 16.7 Å². The van der Waals surface area contributed by atoms with Crippen LogP contribution in [0.3, 0.4) is 0 Å². The molecule has 2 N–H and O–H groups in total. The van der Waals surface area contributed by atoms with Crippen molar-refractivity contribution in [2.75, 3.05) is 4.72 Å². The van der Waals surface area contributed by atoms with Crippen LogP contribution < -0.4 is 10.0 Å². The van der Waals surface area contributed by atoms with E-state index in [1.54, 1.807) is 11.8 Å². The van der Waals surface area contributed by atoms with E-state index in [1.807, 2.05) is 24.3 Å². The minimum Gasteiger partial charge on any atom is -0.346 e. The first-order valence-corrected chi connectivity index (χ1v) is 11.8. The average molecular weight is 485 g/mol. The Morgan fingerprint density at radius 2 is 1.56 bits per heavy atom. The third-order valence-corrected chi connectivity index (χ3v) is 7.71. The minimum absolute atomic E-state index is 0.0904. The summed E-state index contributed by atoms with van der Waals surface area (Å²) in [6.45, 7) is 6.40. The molecular weight excluding hydrogens is 460 g/mol. The van der Waals surface area contributed by atoms with Crippen molar-refractivity contribution < 1.29 is 22.4 Å². The highest BCUT2D eigenvalue weighted by Gasteiger charge is 2.79. The second-order valence-corrected chi connectivity index (χ2v) is 12.4. The molecule has 0 unspecified atom stereocenters. The molecule has 2 bridgehead atoms. The number of nitrogens with one attached hydrogen (secondary N) is 2. The average Bonchev–Trinajstić information content (AvgIpc) is 2.60. The van der Waals surface area contributed by atoms with Gasteiger partial charge in [0.1, 0.15) is 5.82 Å². The molecular formula is C23H24F4N2OS2. The fourth-order valence-corrected chi connectivity index (χ4v) is 6.02. The number of carbonyl (C=O) groups excluding carboxylic acids is 1. The lowest BCUT2D eigenvalue weighted by molar-refractivity contribution is -0.336. The lowest BCUT2D eigenvalue weighted by atomic mass is 9.39. The molecule has 32 heavy (non-hydrogen) atoms. The van der Waals surface area contributed by atoms with E-state index in [-0.39, 0.29) is 35.3 Å². The highest BCUT2D eigenvalue weighted by Crippen LogP contribution is 2.73. The molecule has 3 saturated carbocycles. The summed E-state index contributed by atoms with van der Waals surface area (Å²) in [7, 11) is 0. The molecule has 0 radical (unpaired) electrons. The number of hydrogen-bond acceptors (Lipinski definition) is 4. The molecule has 1 amide bonds. The third kappa shape index (κ3) is 4.59. The van der Waals surface area contributed by atoms with E-state index in [1.165, 1.54) is 30.1 Å². The molecule has 0 spiro atoms. The molecule has 0 saturated heterocycles. The van der Waals surface area contributed by atoms with Gasteiger partial charge in [-0.2, -0.15) is 13.2 Å². The summed E-state index contributed by atoms with van der Waals surface area (Å²) in [5.74, 6) is -1.01. The van der Waals surface area contributed by atoms with Crippen molar-refractivity contribution in [1.29, 1.82) is 0 Å². The molecule has 5 rings (SSSR count). The molecule has 0 heterocycles. The van der Waals surface area contributed by atoms with Gasteiger partial charge in [-0.1, -0.05) is 20.8 Å². The van der Waals surface area contributed by atoms with Crippen molar-refractivity contribution in [3.63, 3.8) is 0 Å². The lowest BCUT2D eigenvalue weighted by Crippen LogP contribution is -2.78. The van der Waals surface area contributed by atoms with Gasteiger partial charge < -0.3 is 10.0 Å². The standard InChI is InChI=1S/C23H24F4N2OS2/c1-20(2,3)31-15-5-7-16(8-6-15)32-29-18-10-14(24)4-9-17(18)19(30)28-22-11-21(12-22,13-22)23(25,26)27/h4-10,29H,11-13H2,1-3H3,(H,28,30). The number of hydrogen-bond donors (Lipinski definition) is 2. The Kier molecular flexibility index (Phi) is 5.73. The Morgan fingerprint density at radius 3 is 2.12 bits per heavy atom. The molecule has 0 aliphatic heterocycles. The quantitative estimate of drug-likeness (QED) is 0.262. The summed E-state index contributed by atoms with van der Waals surface area (Å²) in [5.41, 5.74) is -1.97. The second kappa shape index (κ2) is 7.87. The van der Waals surface area contributed by atoms with E-state index in [0.717, 1.165) is 9.79 Å². The highest BCUT2D eigenvalue weighted by atomic mass is 32.2. The summed E-state index contributed by atoms with van der Waals surface area (Å²) in [5, 5.41) is 2.75. The first-order chi connectivity index (χ1) is 14.8. The van der Waals surface area contributed by atoms with Crippen molar-refractivity contribution >= 4 is 35.3 Å². The number of halogens is 4. The summed E-state index contributed by atoms with van der Waals surface area (Å²) in [6.07, 6.45) is -4.51. The molecule has 0 atom stereocenters. The van der Waals surface area contributed by atoms with Gasteiger partial charge in [-0.05, 0) is 73.7 Å². The van der Waals surface area contributed by atoms with Crippen LogP contribution in [0.5, 0.6) is 0 Å². The molecule has 3 aliphatic carbocycles. The Morgan fingerprint density at radius 1 is 0.969 bits per heavy atom. The largest absolute Gasteiger partial charge is 0.394 e. The van der Waals surface area contributed by atoms with Gasteiger partial charge in [0.2, 0.25) is 0 Å². The van der Waals surface area contributed by atoms with E-state index in [4.69, 9.17) is 0 Å². The Labute approximate surface area is 193 Å². The fraction of sp³-hybridized carbons (Fsp3) is 0.435. The van der Waals surface area contributed by atoms with Crippen LogP contribution in [0, 0.1) is 11.2 Å². The van der Waals surface area contributed by atoms with Gasteiger partial charge >= 0.3 is 6.18 Å². The van der Waals surface area contributed by atoms with E-state index < -0.39 is 28.9 Å². The van der Waals surface area contributed by atoms with Crippen LogP contribution in [0.15, 0.2) is 52.3 Å². The van der Waals surface area contributed by atoms with Gasteiger partial charge in [-0.15, -0.1) is 11.8 Å². The van der Waals surface area contributed by atoms with Crippen LogP contribution in [0.2, 0.25) is 0 Å². The van der Waals surface area contributed by atoms with Crippen molar-refractivity contribution in [2.45, 2.75) is 66.3 Å². The predicted octanol–water partition coefficient (Wildman–Crippen LogP) is 7.05. The Hall–Kier alpha value is -1.87. The summed E-state index contributed by atoms with van der Waals surface area (Å²) in [4.78, 5) is 14.8. The van der Waals surface area contributed by atoms with E-state index >= 15 is 0 Å². The third-order valence-electron chi connectivity index (χ3n) is 5.76. The van der Waals surface area contributed by atoms with Crippen molar-refractivity contribution in [2.24, 2.45) is 5.41 Å². The smallest absolute Gasteiger partial charge is 0.346 e. The Balaban J connectivity index is 1.40. The maximum absolute atomic E-state index is 13.8. The molecule has 3 aliphatic rings. The zero-order chi connectivity index (χ0) is 23.4. The highest BCUT2D eigenvalue weighted by molar-refractivity contribution is 8.01. The van der Waals surface area contributed by atoms with Crippen LogP contribution in [0.25, 0.3) is 0 Å². The van der Waals surface area contributed by atoms with Gasteiger partial charge in [-0.25, -0.2) is 4.39 Å². The summed E-state index contributed by atoms with van der Waals surface area (Å²) >= 11 is 2.98. The number of rotatable bonds is 6. The van der Waals surface area contributed by atoms with Crippen molar-refractivity contribution in [3.8, 4) is 0 Å². The van der Waals surface area contributed by atoms with Gasteiger partial charge in [0, 0.05) is 20.1 Å². The molecule has 2 aromatic rings. The first kappa shape index (κ1) is 23.3. The number of amides is 1. The molecule has 2 aromatic carbocycles. The van der Waals surface area contributed by atoms with Gasteiger partial charge in [0.15, 0.2) is 0 Å². The zero-order valence-corrected chi connectivity index (χ0v) is 19.5. The monoisotopic (exact) mass is 484 g/mol. The van der Waals surface area contributed by atoms with E-state index in [0.29, 0.717) is 0 Å². The minimum atomic E-state index is -4.24. The number of benzene rings is 2. The molecule has 0 aromatic heterocycles. The number of carbonyl (C=O) groups is 1. The molecule has 9 heteroatoms. The number of alkyl halides is 3. The maximum atomic E-state index is 13.8. The SMILES string of the molecule is CC(C)(C)Sc1ccc(SNc2cc(F)ccc2C(=O)NC23CC(C(F)(F)F)(C2)C3)cc1. The van der Waals surface area contributed by atoms with Crippen LogP contribution in [-0.4, -0.2) is 22.4 Å². The normalized spacial score (nSPS) is 24.3. The predicted molar refractivity (Wildman–Crippen MR) is 120 cm³/mol. The maximum Gasteiger partial charge on any atom is 0.394 e. The number of thioether (sulfide) groups is 1. The number of anilines is 1. The molecule has 172 valence electrons. The Bertz CT molecular complexity index is 1010. The molecule has 3 nitrogen and oxygen atoms in total. The van der Waals surface area contributed by atoms with Crippen molar-refractivity contribution in [3.05, 3.63) is 53.8 Å². The molecule has 3 fully saturated rings. The van der Waals surface area contributed by atoms with Crippen LogP contribution in [-0.2, 0) is 0 Å². The van der Waals surface area contributed by atoms with Gasteiger partial charge in [-0.3, -0.25) is 4.79 Å². The van der Waals surface area contributed by atoms with Gasteiger partial charge in [0.25, 0.3) is 5.91 Å². The first-order valence-electron chi connectivity index (χ1n) is 10.2. The van der Waals surface area contributed by atoms with E-state index in [2.05, 4.69) is 30.8 Å². The summed E-state index contributed by atoms with van der Waals surface area (Å²) < 4.78 is 56.1. The lowest BCUT2D eigenvalue weighted by Gasteiger charge is -2.70. The second-order valence-electron chi connectivity index (χ2n) is 9.62. The fourth-order valence-electron chi connectivity index (χ4n) is 4.37. The van der Waals surface area contributed by atoms with Crippen LogP contribution in [0.4, 0.5) is 23.2 Å². The van der Waals surface area contributed by atoms with Crippen LogP contribution in [0.1, 0.15) is 50.4 Å². The summed E-state index contributed by atoms with van der Waals surface area (Å²) in [6, 6.07) is 11.6.